The number of hydrogen-bond acceptors (Lipinski definition) is 7. The summed E-state index contributed by atoms with van der Waals surface area (Å²) < 4.78 is 14.6. The number of aromatic nitrogens is 2. The summed E-state index contributed by atoms with van der Waals surface area (Å²) in [6.07, 6.45) is 0.621. The topological polar surface area (TPSA) is 87.4 Å². The molecule has 0 saturated carbocycles. The number of hydrogen-bond donors (Lipinski definition) is 0. The van der Waals surface area contributed by atoms with E-state index in [1.54, 1.807) is 26.2 Å². The molecule has 0 aliphatic carbocycles. The van der Waals surface area contributed by atoms with Gasteiger partial charge in [-0.3, -0.25) is 10.1 Å². The number of nitro benzene ring substituents is 1. The van der Waals surface area contributed by atoms with E-state index in [9.17, 15) is 10.1 Å². The number of rotatable bonds is 6. The molecule has 20 heavy (non-hydrogen) atoms. The van der Waals surface area contributed by atoms with Crippen LogP contribution in [0.4, 0.5) is 5.69 Å². The van der Waals surface area contributed by atoms with Crippen molar-refractivity contribution in [2.75, 3.05) is 13.7 Å². The Hall–Kier alpha value is -2.06. The first-order valence-electron chi connectivity index (χ1n) is 5.84. The van der Waals surface area contributed by atoms with Crippen LogP contribution in [0.15, 0.2) is 18.2 Å². The molecule has 1 aromatic carbocycles. The predicted molar refractivity (Wildman–Crippen MR) is 73.4 cm³/mol. The van der Waals surface area contributed by atoms with Crippen molar-refractivity contribution >= 4 is 17.2 Å². The average molecular weight is 295 g/mol. The maximum atomic E-state index is 10.7. The van der Waals surface area contributed by atoms with Gasteiger partial charge in [-0.2, -0.15) is 9.36 Å². The van der Waals surface area contributed by atoms with Crippen LogP contribution in [0.3, 0.4) is 0 Å². The quantitative estimate of drug-likeness (QED) is 0.601. The lowest BCUT2D eigenvalue weighted by Gasteiger charge is -2.02. The molecule has 0 spiro atoms. The molecule has 0 fully saturated rings. The molecule has 1 aromatic heterocycles. The zero-order valence-electron chi connectivity index (χ0n) is 11.0. The van der Waals surface area contributed by atoms with E-state index >= 15 is 0 Å². The molecule has 0 aliphatic heterocycles. The van der Waals surface area contributed by atoms with Crippen molar-refractivity contribution in [2.24, 2.45) is 0 Å². The van der Waals surface area contributed by atoms with E-state index in [4.69, 9.17) is 9.47 Å². The van der Waals surface area contributed by atoms with Gasteiger partial charge >= 0.3 is 0 Å². The van der Waals surface area contributed by atoms with Crippen LogP contribution in [0.25, 0.3) is 0 Å². The minimum Gasteiger partial charge on any atom is -0.430 e. The van der Waals surface area contributed by atoms with Gasteiger partial charge in [-0.25, -0.2) is 0 Å². The van der Waals surface area contributed by atoms with Crippen LogP contribution in [0, 0.1) is 17.0 Å². The minimum absolute atomic E-state index is 0.0652. The summed E-state index contributed by atoms with van der Waals surface area (Å²) in [5, 5.41) is 11.1. The highest BCUT2D eigenvalue weighted by Gasteiger charge is 2.12. The maximum Gasteiger partial charge on any atom is 0.298 e. The van der Waals surface area contributed by atoms with Crippen LogP contribution in [-0.2, 0) is 11.2 Å². The standard InChI is InChI=1S/C12H13N3O4S/c1-8-7-9(3-4-10(8)15(16)17)19-12-13-11(14-20-12)5-6-18-2/h3-4,7H,5-6H2,1-2H3. The highest BCUT2D eigenvalue weighted by molar-refractivity contribution is 7.07. The fraction of sp³-hybridized carbons (Fsp3) is 0.333. The Kier molecular flexibility index (Phi) is 4.59. The van der Waals surface area contributed by atoms with Gasteiger partial charge in [-0.15, -0.1) is 0 Å². The van der Waals surface area contributed by atoms with Gasteiger partial charge in [0.2, 0.25) is 0 Å². The Balaban J connectivity index is 2.08. The largest absolute Gasteiger partial charge is 0.430 e. The minimum atomic E-state index is -0.424. The molecule has 0 bridgehead atoms. The van der Waals surface area contributed by atoms with Crippen molar-refractivity contribution in [1.82, 2.24) is 9.36 Å². The molecule has 0 N–H and O–H groups in total. The molecule has 106 valence electrons. The van der Waals surface area contributed by atoms with E-state index in [0.717, 1.165) is 11.5 Å². The third-order valence-electron chi connectivity index (χ3n) is 2.55. The molecule has 0 atom stereocenters. The number of methoxy groups -OCH3 is 1. The van der Waals surface area contributed by atoms with E-state index < -0.39 is 4.92 Å². The molecule has 0 saturated heterocycles. The van der Waals surface area contributed by atoms with Gasteiger partial charge in [-0.1, -0.05) is 0 Å². The molecule has 2 rings (SSSR count). The number of benzene rings is 1. The third kappa shape index (κ3) is 3.49. The molecule has 0 amide bonds. The zero-order chi connectivity index (χ0) is 14.5. The van der Waals surface area contributed by atoms with Crippen molar-refractivity contribution < 1.29 is 14.4 Å². The van der Waals surface area contributed by atoms with Gasteiger partial charge in [-0.05, 0) is 19.1 Å². The molecule has 8 heteroatoms. The van der Waals surface area contributed by atoms with E-state index in [0.29, 0.717) is 35.4 Å². The fourth-order valence-corrected chi connectivity index (χ4v) is 2.17. The molecule has 0 unspecified atom stereocenters. The Morgan fingerprint density at radius 1 is 1.45 bits per heavy atom. The second kappa shape index (κ2) is 6.40. The summed E-state index contributed by atoms with van der Waals surface area (Å²) in [6, 6.07) is 4.56. The highest BCUT2D eigenvalue weighted by atomic mass is 32.1. The van der Waals surface area contributed by atoms with Crippen LogP contribution in [0.2, 0.25) is 0 Å². The van der Waals surface area contributed by atoms with Crippen molar-refractivity contribution in [3.8, 4) is 10.9 Å². The summed E-state index contributed by atoms with van der Waals surface area (Å²) in [5.41, 5.74) is 0.604. The van der Waals surface area contributed by atoms with E-state index in [1.165, 1.54) is 6.07 Å². The van der Waals surface area contributed by atoms with Crippen LogP contribution in [-0.4, -0.2) is 28.0 Å². The summed E-state index contributed by atoms with van der Waals surface area (Å²) in [6.45, 7) is 2.21. The molecular weight excluding hydrogens is 282 g/mol. The van der Waals surface area contributed by atoms with Gasteiger partial charge in [0.25, 0.3) is 10.9 Å². The van der Waals surface area contributed by atoms with Gasteiger partial charge in [0.05, 0.1) is 11.5 Å². The summed E-state index contributed by atoms with van der Waals surface area (Å²) in [5.74, 6) is 1.16. The second-order valence-corrected chi connectivity index (χ2v) is 4.74. The van der Waals surface area contributed by atoms with Crippen LogP contribution < -0.4 is 4.74 Å². The summed E-state index contributed by atoms with van der Waals surface area (Å²) in [7, 11) is 1.61. The maximum absolute atomic E-state index is 10.7. The number of nitrogens with zero attached hydrogens (tertiary/aromatic N) is 3. The predicted octanol–water partition coefficient (Wildman–Crippen LogP) is 2.74. The first-order chi connectivity index (χ1) is 9.60. The average Bonchev–Trinajstić information content (AvgIpc) is 2.83. The first kappa shape index (κ1) is 14.4. The molecular formula is C12H13N3O4S. The van der Waals surface area contributed by atoms with Crippen molar-refractivity contribution in [3.63, 3.8) is 0 Å². The number of aryl methyl sites for hydroxylation is 1. The monoisotopic (exact) mass is 295 g/mol. The summed E-state index contributed by atoms with van der Waals surface area (Å²) in [4.78, 5) is 14.5. The number of ether oxygens (including phenoxy) is 2. The van der Waals surface area contributed by atoms with Gasteiger partial charge in [0.1, 0.15) is 11.6 Å². The normalized spacial score (nSPS) is 10.5. The molecule has 0 radical (unpaired) electrons. The molecule has 7 nitrogen and oxygen atoms in total. The third-order valence-corrected chi connectivity index (χ3v) is 3.18. The summed E-state index contributed by atoms with van der Waals surface area (Å²) >= 11 is 1.14. The Bertz CT molecular complexity index is 614. The SMILES string of the molecule is COCCc1nsc(Oc2ccc([N+](=O)[O-])c(C)c2)n1. The van der Waals surface area contributed by atoms with Crippen molar-refractivity contribution in [1.29, 1.82) is 0 Å². The van der Waals surface area contributed by atoms with Gasteiger partial charge in [0, 0.05) is 36.7 Å². The Labute approximate surface area is 119 Å². The van der Waals surface area contributed by atoms with Crippen LogP contribution >= 0.6 is 11.5 Å². The lowest BCUT2D eigenvalue weighted by atomic mass is 10.2. The zero-order valence-corrected chi connectivity index (χ0v) is 11.8. The van der Waals surface area contributed by atoms with Gasteiger partial charge < -0.3 is 9.47 Å². The smallest absolute Gasteiger partial charge is 0.298 e. The fourth-order valence-electron chi connectivity index (χ4n) is 1.57. The molecule has 0 aliphatic rings. The van der Waals surface area contributed by atoms with E-state index in [-0.39, 0.29) is 5.69 Å². The van der Waals surface area contributed by atoms with Crippen molar-refractivity contribution in [2.45, 2.75) is 13.3 Å². The highest BCUT2D eigenvalue weighted by Crippen LogP contribution is 2.27. The first-order valence-corrected chi connectivity index (χ1v) is 6.62. The lowest BCUT2D eigenvalue weighted by molar-refractivity contribution is -0.385. The van der Waals surface area contributed by atoms with E-state index in [2.05, 4.69) is 9.36 Å². The molecule has 1 heterocycles. The number of nitro groups is 1. The Morgan fingerprint density at radius 3 is 2.90 bits per heavy atom. The van der Waals surface area contributed by atoms with E-state index in [1.807, 2.05) is 0 Å². The lowest BCUT2D eigenvalue weighted by Crippen LogP contribution is -1.96. The molecule has 2 aromatic rings. The second-order valence-electron chi connectivity index (χ2n) is 4.03. The van der Waals surface area contributed by atoms with Crippen LogP contribution in [0.1, 0.15) is 11.4 Å². The van der Waals surface area contributed by atoms with Crippen molar-refractivity contribution in [3.05, 3.63) is 39.7 Å². The van der Waals surface area contributed by atoms with Crippen LogP contribution in [0.5, 0.6) is 10.9 Å². The Morgan fingerprint density at radius 2 is 2.25 bits per heavy atom. The van der Waals surface area contributed by atoms with Gasteiger partial charge in [0.15, 0.2) is 0 Å².